The lowest BCUT2D eigenvalue weighted by Gasteiger charge is -2.26. The predicted molar refractivity (Wildman–Crippen MR) is 69.3 cm³/mol. The van der Waals surface area contributed by atoms with Crippen molar-refractivity contribution in [3.63, 3.8) is 0 Å². The van der Waals surface area contributed by atoms with Gasteiger partial charge in [-0.25, -0.2) is 0 Å². The summed E-state index contributed by atoms with van der Waals surface area (Å²) in [5.41, 5.74) is 1.98. The Morgan fingerprint density at radius 1 is 0.812 bits per heavy atom. The van der Waals surface area contributed by atoms with E-state index in [-0.39, 0.29) is 0 Å². The van der Waals surface area contributed by atoms with E-state index in [9.17, 15) is 0 Å². The van der Waals surface area contributed by atoms with E-state index in [1.165, 1.54) is 0 Å². The summed E-state index contributed by atoms with van der Waals surface area (Å²) < 4.78 is 17.5. The van der Waals surface area contributed by atoms with Gasteiger partial charge in [-0.15, -0.1) is 0 Å². The highest BCUT2D eigenvalue weighted by Crippen LogP contribution is 2.13. The molecule has 0 radical (unpaired) electrons. The van der Waals surface area contributed by atoms with Crippen molar-refractivity contribution < 1.29 is 13.3 Å². The molecule has 0 unspecified atom stereocenters. The van der Waals surface area contributed by atoms with E-state index in [0.29, 0.717) is 19.8 Å². The minimum atomic E-state index is -2.54. The van der Waals surface area contributed by atoms with E-state index in [0.717, 1.165) is 19.3 Å². The highest BCUT2D eigenvalue weighted by atomic mass is 28.4. The van der Waals surface area contributed by atoms with Crippen LogP contribution in [0.4, 0.5) is 0 Å². The van der Waals surface area contributed by atoms with Gasteiger partial charge in [0.05, 0.1) is 0 Å². The van der Waals surface area contributed by atoms with E-state index < -0.39 is 8.80 Å². The lowest BCUT2D eigenvalue weighted by molar-refractivity contribution is 0.0716. The molecule has 0 saturated carbocycles. The summed E-state index contributed by atoms with van der Waals surface area (Å²) in [4.78, 5) is 0. The Morgan fingerprint density at radius 2 is 1.19 bits per heavy atom. The highest BCUT2D eigenvalue weighted by molar-refractivity contribution is 6.66. The van der Waals surface area contributed by atoms with Gasteiger partial charge in [0.1, 0.15) is 0 Å². The first-order valence-corrected chi connectivity index (χ1v) is 8.10. The molecule has 0 atom stereocenters. The molecule has 0 bridgehead atoms. The summed E-state index contributed by atoms with van der Waals surface area (Å²) in [5.74, 6) is 0. The summed E-state index contributed by atoms with van der Waals surface area (Å²) in [6.45, 7) is 10.3. The van der Waals surface area contributed by atoms with Crippen molar-refractivity contribution in [3.8, 4) is 0 Å². The zero-order valence-electron chi connectivity index (χ0n) is 11.1. The summed E-state index contributed by atoms with van der Waals surface area (Å²) >= 11 is 0. The molecule has 96 valence electrons. The summed E-state index contributed by atoms with van der Waals surface area (Å²) in [6, 6.07) is 0. The first-order chi connectivity index (χ1) is 7.74. The van der Waals surface area contributed by atoms with E-state index >= 15 is 0 Å². The molecule has 0 aliphatic carbocycles. The van der Waals surface area contributed by atoms with Gasteiger partial charge in [-0.05, 0) is 31.9 Å². The lowest BCUT2D eigenvalue weighted by Crippen LogP contribution is -2.45. The Balaban J connectivity index is 4.45. The number of allylic oxidation sites excluding steroid dienone is 1. The van der Waals surface area contributed by atoms with E-state index in [2.05, 4.69) is 20.8 Å². The van der Waals surface area contributed by atoms with E-state index in [1.807, 2.05) is 18.7 Å². The van der Waals surface area contributed by atoms with Gasteiger partial charge in [0, 0.05) is 19.8 Å². The molecular weight excluding hydrogens is 220 g/mol. The summed E-state index contributed by atoms with van der Waals surface area (Å²) in [7, 11) is -2.54. The normalized spacial score (nSPS) is 12.5. The number of hydrogen-bond donors (Lipinski definition) is 0. The maximum Gasteiger partial charge on any atom is 0.529 e. The molecule has 16 heavy (non-hydrogen) atoms. The van der Waals surface area contributed by atoms with Crippen molar-refractivity contribution in [2.75, 3.05) is 19.8 Å². The monoisotopic (exact) mass is 246 g/mol. The van der Waals surface area contributed by atoms with Crippen molar-refractivity contribution in [1.29, 1.82) is 0 Å². The van der Waals surface area contributed by atoms with Crippen LogP contribution >= 0.6 is 0 Å². The second-order valence-corrected chi connectivity index (χ2v) is 6.06. The van der Waals surface area contributed by atoms with Crippen molar-refractivity contribution in [2.24, 2.45) is 0 Å². The molecule has 0 aromatic heterocycles. The number of hydrogen-bond acceptors (Lipinski definition) is 3. The maximum absolute atomic E-state index is 5.83. The van der Waals surface area contributed by atoms with Gasteiger partial charge in [0.2, 0.25) is 0 Å². The molecule has 0 N–H and O–H groups in total. The van der Waals surface area contributed by atoms with Gasteiger partial charge in [0.25, 0.3) is 0 Å². The third kappa shape index (κ3) is 6.43. The van der Waals surface area contributed by atoms with Gasteiger partial charge in [-0.3, -0.25) is 0 Å². The molecule has 0 rings (SSSR count). The van der Waals surface area contributed by atoms with Crippen LogP contribution in [0.2, 0.25) is 0 Å². The molecule has 0 aliphatic heterocycles. The number of rotatable bonds is 10. The third-order valence-electron chi connectivity index (χ3n) is 1.89. The van der Waals surface area contributed by atoms with Crippen LogP contribution < -0.4 is 0 Å². The summed E-state index contributed by atoms with van der Waals surface area (Å²) in [5, 5.41) is 0. The molecule has 0 aromatic rings. The van der Waals surface area contributed by atoms with Crippen molar-refractivity contribution in [3.05, 3.63) is 11.8 Å². The third-order valence-corrected chi connectivity index (χ3v) is 4.45. The second kappa shape index (κ2) is 10.0. The van der Waals surface area contributed by atoms with Crippen LogP contribution in [0.5, 0.6) is 0 Å². The Morgan fingerprint density at radius 3 is 1.44 bits per heavy atom. The van der Waals surface area contributed by atoms with Gasteiger partial charge >= 0.3 is 8.80 Å². The zero-order valence-corrected chi connectivity index (χ0v) is 12.1. The Hall–Kier alpha value is -0.163. The fourth-order valence-electron chi connectivity index (χ4n) is 1.21. The van der Waals surface area contributed by atoms with Crippen LogP contribution in [0.15, 0.2) is 11.8 Å². The first kappa shape index (κ1) is 15.8. The predicted octanol–water partition coefficient (Wildman–Crippen LogP) is 3.32. The minimum absolute atomic E-state index is 0.698. The molecular formula is C12H26O3Si. The van der Waals surface area contributed by atoms with Crippen LogP contribution in [0, 0.1) is 0 Å². The van der Waals surface area contributed by atoms with Gasteiger partial charge in [0.15, 0.2) is 0 Å². The largest absolute Gasteiger partial charge is 0.529 e. The average Bonchev–Trinajstić information content (AvgIpc) is 2.31. The smallest absolute Gasteiger partial charge is 0.370 e. The standard InChI is InChI=1S/C12H26O3Si/c1-5-9-13-16(12-8-4,14-10-6-2)15-11-7-3/h8,12H,5-7,9-11H2,1-4H3/b12-8-. The Bertz CT molecular complexity index is 161. The molecule has 0 aliphatic rings. The molecule has 0 spiro atoms. The molecule has 0 saturated heterocycles. The molecule has 4 heteroatoms. The average molecular weight is 246 g/mol. The second-order valence-electron chi connectivity index (χ2n) is 3.65. The first-order valence-electron chi connectivity index (χ1n) is 6.30. The molecule has 0 heterocycles. The molecule has 0 aromatic carbocycles. The summed E-state index contributed by atoms with van der Waals surface area (Å²) in [6.07, 6.45) is 4.92. The lowest BCUT2D eigenvalue weighted by atomic mass is 10.5. The fraction of sp³-hybridized carbons (Fsp3) is 0.833. The van der Waals surface area contributed by atoms with Gasteiger partial charge in [-0.2, -0.15) is 0 Å². The quantitative estimate of drug-likeness (QED) is 0.553. The molecule has 0 fully saturated rings. The highest BCUT2D eigenvalue weighted by Gasteiger charge is 2.37. The van der Waals surface area contributed by atoms with Crippen LogP contribution in [0.3, 0.4) is 0 Å². The van der Waals surface area contributed by atoms with E-state index in [4.69, 9.17) is 13.3 Å². The van der Waals surface area contributed by atoms with Crippen molar-refractivity contribution >= 4 is 8.80 Å². The fourth-order valence-corrected chi connectivity index (χ4v) is 3.62. The minimum Gasteiger partial charge on any atom is -0.370 e. The topological polar surface area (TPSA) is 27.7 Å². The van der Waals surface area contributed by atoms with Crippen LogP contribution in [0.25, 0.3) is 0 Å². The Labute approximate surface area is 101 Å². The van der Waals surface area contributed by atoms with Crippen LogP contribution in [-0.4, -0.2) is 28.6 Å². The maximum atomic E-state index is 5.83. The zero-order chi connectivity index (χ0) is 12.3. The van der Waals surface area contributed by atoms with Gasteiger partial charge in [-0.1, -0.05) is 26.8 Å². The van der Waals surface area contributed by atoms with Gasteiger partial charge < -0.3 is 13.3 Å². The molecule has 0 amide bonds. The SMILES string of the molecule is C/C=C\[Si](OCCC)(OCCC)OCCC. The van der Waals surface area contributed by atoms with Crippen LogP contribution in [0.1, 0.15) is 47.0 Å². The van der Waals surface area contributed by atoms with Crippen molar-refractivity contribution in [2.45, 2.75) is 47.0 Å². The molecule has 3 nitrogen and oxygen atoms in total. The Kier molecular flexibility index (Phi) is 9.92. The van der Waals surface area contributed by atoms with E-state index in [1.54, 1.807) is 0 Å². The van der Waals surface area contributed by atoms with Crippen LogP contribution in [-0.2, 0) is 13.3 Å². The van der Waals surface area contributed by atoms with Crippen molar-refractivity contribution in [1.82, 2.24) is 0 Å².